The highest BCUT2D eigenvalue weighted by Gasteiger charge is 2.41. The second kappa shape index (κ2) is 35.3. The summed E-state index contributed by atoms with van der Waals surface area (Å²) in [5, 5.41) is 40.1. The number of nitrogens with two attached hydrogens (primary N) is 3. The molecule has 0 saturated carbocycles. The normalized spacial score (nSPS) is 15.0. The van der Waals surface area contributed by atoms with Crippen LogP contribution in [-0.4, -0.2) is 154 Å². The van der Waals surface area contributed by atoms with Crippen molar-refractivity contribution in [1.29, 1.82) is 5.41 Å². The Morgan fingerprint density at radius 2 is 0.757 bits per heavy atom. The Morgan fingerprint density at radius 3 is 1.03 bits per heavy atom. The molecule has 0 fully saturated rings. The molecule has 30 nitrogen and oxygen atoms in total. The number of nitrogens with zero attached hydrogens (tertiary/aromatic N) is 3. The Labute approximate surface area is 427 Å². The lowest BCUT2D eigenvalue weighted by Gasteiger charge is -2.24. The summed E-state index contributed by atoms with van der Waals surface area (Å²) in [6, 6.07) is 0. The van der Waals surface area contributed by atoms with Gasteiger partial charge in [0.2, 0.25) is 29.5 Å². The molecule has 0 aliphatic carbocycles. The first kappa shape index (κ1) is 67.1. The second-order valence-corrected chi connectivity index (χ2v) is 17.3. The molecule has 6 amide bonds. The van der Waals surface area contributed by atoms with Gasteiger partial charge >= 0.3 is 23.9 Å². The van der Waals surface area contributed by atoms with Gasteiger partial charge in [0, 0.05) is 22.8 Å². The number of esters is 4. The number of nitrogens with one attached hydrogen (secondary N) is 6. The first-order valence-corrected chi connectivity index (χ1v) is 23.2. The van der Waals surface area contributed by atoms with Crippen LogP contribution in [0, 0.1) is 5.41 Å². The molecular weight excluding hydrogens is 985 g/mol. The van der Waals surface area contributed by atoms with Gasteiger partial charge in [0.25, 0.3) is 5.91 Å². The predicted octanol–water partition coefficient (Wildman–Crippen LogP) is -2.13. The molecule has 0 aliphatic rings. The maximum atomic E-state index is 12.7. The van der Waals surface area contributed by atoms with E-state index in [1.54, 1.807) is 45.5 Å². The van der Waals surface area contributed by atoms with Crippen molar-refractivity contribution in [2.75, 3.05) is 26.4 Å². The number of ether oxygens (including phenoxy) is 6. The molecule has 6 atom stereocenters. The lowest BCUT2D eigenvalue weighted by Crippen LogP contribution is -2.53. The average molecular weight is 1060 g/mol. The van der Waals surface area contributed by atoms with Crippen LogP contribution in [0.4, 0.5) is 0 Å². The molecule has 74 heavy (non-hydrogen) atoms. The highest BCUT2D eigenvalue weighted by Crippen LogP contribution is 2.17. The number of hydrogen-bond donors (Lipinski definition) is 11. The number of amides is 6. The fourth-order valence-corrected chi connectivity index (χ4v) is 5.69. The third kappa shape index (κ3) is 31.6. The third-order valence-electron chi connectivity index (χ3n) is 9.72. The molecule has 0 spiro atoms. The van der Waals surface area contributed by atoms with Crippen LogP contribution in [-0.2, 0) is 76.4 Å². The highest BCUT2D eigenvalue weighted by atomic mass is 16.6. The SMILES string of the molecule is CC(=N)CCC(=O)OCC(C)OC(C)COC(=O)CC/C(C)=N/NC(=O)CC(O)(CC(=O)N/N=C(\C)CCC(=O)OCC(C)OC(C)COC(=O)CC/C(C)=N/NC(=O)CC(O)(CC(=O)NN)C(N)=O)C(=O)NN. The molecule has 0 aromatic carbocycles. The van der Waals surface area contributed by atoms with Gasteiger partial charge in [-0.3, -0.25) is 58.8 Å². The van der Waals surface area contributed by atoms with Crippen molar-refractivity contribution in [3.8, 4) is 0 Å². The molecule has 0 heterocycles. The van der Waals surface area contributed by atoms with Crippen molar-refractivity contribution >= 4 is 82.2 Å². The number of carbonyl (C=O) groups is 10. The van der Waals surface area contributed by atoms with Gasteiger partial charge in [0.05, 0.1) is 75.8 Å². The zero-order chi connectivity index (χ0) is 56.6. The van der Waals surface area contributed by atoms with Crippen LogP contribution in [0.2, 0.25) is 0 Å². The number of primary amides is 1. The van der Waals surface area contributed by atoms with Gasteiger partial charge in [-0.25, -0.2) is 28.0 Å². The predicted molar refractivity (Wildman–Crippen MR) is 260 cm³/mol. The van der Waals surface area contributed by atoms with E-state index in [4.69, 9.17) is 51.2 Å². The number of aliphatic hydroxyl groups is 2. The first-order valence-electron chi connectivity index (χ1n) is 23.2. The van der Waals surface area contributed by atoms with Gasteiger partial charge in [-0.1, -0.05) is 0 Å². The standard InChI is InChI=1S/C44H74N12O18/c1-25(45)9-13-37(61)69-21-29(5)73-30(6)22-70-39(63)15-11-27(3)52-55-35(59)19-44(68,42(66)50-48)20-36(60)56-53-28(4)12-16-40(64)72-24-32(8)74-31(7)23-71-38(62)14-10-26(2)51-54-34(58)18-43(67,41(46)65)17-33(57)49-47/h29-32,45,67-68H,9-24,47-48H2,1-8H3,(H2,46,65)(H,49,57)(H,50,66)(H,54,58)(H,55,59)(H,56,60)/b45-25?,51-26+,52-27+,53-28+. The van der Waals surface area contributed by atoms with Crippen molar-refractivity contribution in [2.24, 2.45) is 32.7 Å². The van der Waals surface area contributed by atoms with E-state index in [0.29, 0.717) is 12.1 Å². The summed E-state index contributed by atoms with van der Waals surface area (Å²) in [6.07, 6.45) is -5.76. The molecule has 6 unspecified atom stereocenters. The van der Waals surface area contributed by atoms with E-state index >= 15 is 0 Å². The summed E-state index contributed by atoms with van der Waals surface area (Å²) < 4.78 is 32.1. The first-order chi connectivity index (χ1) is 34.5. The van der Waals surface area contributed by atoms with Gasteiger partial charge in [0.15, 0.2) is 11.2 Å². The van der Waals surface area contributed by atoms with E-state index < -0.39 is 121 Å². The third-order valence-corrected chi connectivity index (χ3v) is 9.72. The zero-order valence-corrected chi connectivity index (χ0v) is 43.1. The van der Waals surface area contributed by atoms with Crippen LogP contribution >= 0.6 is 0 Å². The molecule has 14 N–H and O–H groups in total. The number of carbonyl (C=O) groups excluding carboxylic acids is 10. The van der Waals surface area contributed by atoms with Crippen LogP contribution in [0.15, 0.2) is 15.3 Å². The van der Waals surface area contributed by atoms with Crippen LogP contribution in [0.5, 0.6) is 0 Å². The molecular formula is C44H74N12O18. The average Bonchev–Trinajstić information content (AvgIpc) is 3.33. The lowest BCUT2D eigenvalue weighted by molar-refractivity contribution is -0.154. The van der Waals surface area contributed by atoms with Gasteiger partial charge < -0.3 is 49.8 Å². The fraction of sp³-hybridized carbons (Fsp3) is 0.682. The maximum Gasteiger partial charge on any atom is 0.306 e. The molecule has 0 bridgehead atoms. The van der Waals surface area contributed by atoms with Crippen molar-refractivity contribution in [2.45, 2.75) is 168 Å². The largest absolute Gasteiger partial charge is 0.463 e. The van der Waals surface area contributed by atoms with Gasteiger partial charge in [-0.15, -0.1) is 0 Å². The molecule has 418 valence electrons. The molecule has 30 heteroatoms. The number of rotatable bonds is 37. The zero-order valence-electron chi connectivity index (χ0n) is 43.1. The minimum atomic E-state index is -2.64. The van der Waals surface area contributed by atoms with E-state index in [9.17, 15) is 58.2 Å². The van der Waals surface area contributed by atoms with Crippen molar-refractivity contribution in [3.63, 3.8) is 0 Å². The molecule has 0 aromatic heterocycles. The summed E-state index contributed by atoms with van der Waals surface area (Å²) in [5.74, 6) is 1.41. The maximum absolute atomic E-state index is 12.7. The van der Waals surface area contributed by atoms with Crippen molar-refractivity contribution in [1.82, 2.24) is 27.1 Å². The topological polar surface area (TPSA) is 466 Å². The molecule has 0 radical (unpaired) electrons. The Bertz CT molecular complexity index is 2050. The van der Waals surface area contributed by atoms with Crippen LogP contribution < -0.4 is 44.5 Å². The number of hydrogen-bond acceptors (Lipinski definition) is 24. The van der Waals surface area contributed by atoms with Crippen LogP contribution in [0.1, 0.15) is 132 Å². The minimum absolute atomic E-state index is 0.0108. The Kier molecular flexibility index (Phi) is 32.0. The lowest BCUT2D eigenvalue weighted by atomic mass is 9.94. The van der Waals surface area contributed by atoms with E-state index in [1.165, 1.54) is 20.8 Å². The van der Waals surface area contributed by atoms with E-state index in [-0.39, 0.29) is 88.5 Å². The van der Waals surface area contributed by atoms with E-state index in [2.05, 4.69) is 31.6 Å². The molecule has 0 rings (SSSR count). The fourth-order valence-electron chi connectivity index (χ4n) is 5.69. The summed E-state index contributed by atoms with van der Waals surface area (Å²) in [4.78, 5) is 122. The monoisotopic (exact) mass is 1060 g/mol. The Hall–Kier alpha value is -6.86. The van der Waals surface area contributed by atoms with E-state index in [1.807, 2.05) is 0 Å². The number of hydrazone groups is 3. The minimum Gasteiger partial charge on any atom is -0.463 e. The smallest absolute Gasteiger partial charge is 0.306 e. The summed E-state index contributed by atoms with van der Waals surface area (Å²) in [6.45, 7) is 12.2. The number of hydrazine groups is 2. The Morgan fingerprint density at radius 1 is 0.473 bits per heavy atom. The van der Waals surface area contributed by atoms with E-state index in [0.717, 1.165) is 0 Å². The van der Waals surface area contributed by atoms with Gasteiger partial charge in [0.1, 0.15) is 26.4 Å². The highest BCUT2D eigenvalue weighted by molar-refractivity contribution is 5.96. The van der Waals surface area contributed by atoms with Crippen molar-refractivity contribution in [3.05, 3.63) is 0 Å². The van der Waals surface area contributed by atoms with Crippen molar-refractivity contribution < 1.29 is 86.6 Å². The van der Waals surface area contributed by atoms with Crippen LogP contribution in [0.3, 0.4) is 0 Å². The molecule has 0 aliphatic heterocycles. The van der Waals surface area contributed by atoms with Gasteiger partial charge in [-0.2, -0.15) is 15.3 Å². The Balaban J connectivity index is 4.72. The molecule has 0 saturated heterocycles. The van der Waals surface area contributed by atoms with Gasteiger partial charge in [-0.05, 0) is 81.1 Å². The summed E-state index contributed by atoms with van der Waals surface area (Å²) in [7, 11) is 0. The molecule has 0 aromatic rings. The van der Waals surface area contributed by atoms with Crippen LogP contribution in [0.25, 0.3) is 0 Å². The second-order valence-electron chi connectivity index (χ2n) is 17.3. The quantitative estimate of drug-likeness (QED) is 0.00790. The summed E-state index contributed by atoms with van der Waals surface area (Å²) in [5.41, 5.74) is 10.9. The summed E-state index contributed by atoms with van der Waals surface area (Å²) >= 11 is 0.